The van der Waals surface area contributed by atoms with E-state index in [2.05, 4.69) is 0 Å². The van der Waals surface area contributed by atoms with Crippen LogP contribution in [0.4, 0.5) is 4.39 Å². The summed E-state index contributed by atoms with van der Waals surface area (Å²) in [5.41, 5.74) is 0.329. The lowest BCUT2D eigenvalue weighted by molar-refractivity contribution is -0.137. The van der Waals surface area contributed by atoms with Crippen molar-refractivity contribution in [3.05, 3.63) is 35.7 Å². The van der Waals surface area contributed by atoms with Crippen molar-refractivity contribution in [1.29, 1.82) is 0 Å². The van der Waals surface area contributed by atoms with Crippen molar-refractivity contribution in [1.82, 2.24) is 0 Å². The molecule has 0 spiro atoms. The molecule has 7 heteroatoms. The van der Waals surface area contributed by atoms with Crippen LogP contribution in [0.15, 0.2) is 24.3 Å². The Morgan fingerprint density at radius 2 is 1.84 bits per heavy atom. The number of aliphatic hydroxyl groups is 3. The molecule has 1 aliphatic carbocycles. The number of carbonyl (C=O) groups is 1. The molecule has 174 valence electrons. The maximum atomic E-state index is 14.2. The molecule has 1 aliphatic rings. The van der Waals surface area contributed by atoms with Crippen LogP contribution in [0.25, 0.3) is 6.08 Å². The number of halogens is 1. The number of aliphatic hydroxyl groups excluding tert-OH is 3. The highest BCUT2D eigenvalue weighted by molar-refractivity contribution is 5.66. The van der Waals surface area contributed by atoms with Crippen LogP contribution < -0.4 is 4.74 Å². The summed E-state index contributed by atoms with van der Waals surface area (Å²) in [6.07, 6.45) is 6.66. The van der Waals surface area contributed by atoms with Gasteiger partial charge in [0.25, 0.3) is 0 Å². The van der Waals surface area contributed by atoms with Crippen LogP contribution in [-0.4, -0.2) is 51.8 Å². The molecule has 1 fully saturated rings. The van der Waals surface area contributed by atoms with Gasteiger partial charge in [-0.3, -0.25) is 4.79 Å². The first-order valence-electron chi connectivity index (χ1n) is 11.1. The third kappa shape index (κ3) is 7.91. The van der Waals surface area contributed by atoms with E-state index < -0.39 is 30.1 Å². The fraction of sp³-hybridized carbons (Fsp3) is 0.625. The summed E-state index contributed by atoms with van der Waals surface area (Å²) >= 11 is 0. The van der Waals surface area contributed by atoms with E-state index in [-0.39, 0.29) is 24.0 Å². The lowest BCUT2D eigenvalue weighted by atomic mass is 9.85. The van der Waals surface area contributed by atoms with Crippen molar-refractivity contribution < 1.29 is 34.3 Å². The predicted octanol–water partition coefficient (Wildman–Crippen LogP) is 3.77. The molecule has 1 saturated carbocycles. The van der Waals surface area contributed by atoms with Crippen LogP contribution >= 0.6 is 0 Å². The maximum absolute atomic E-state index is 14.2. The number of carboxylic acid groups (broad SMARTS) is 1. The summed E-state index contributed by atoms with van der Waals surface area (Å²) in [4.78, 5) is 10.6. The maximum Gasteiger partial charge on any atom is 0.303 e. The van der Waals surface area contributed by atoms with Crippen molar-refractivity contribution in [3.63, 3.8) is 0 Å². The standard InChI is InChI=1S/C24H35FO6/c1-31-22-9-6-7-16(24(22)25)11-12-17(26)13-14-19-18(20(27)15-21(19)28)8-4-2-3-5-10-23(29)30/h6-7,9,11-12,17-21,26-28H,2-5,8,10,13-15H2,1H3,(H,29,30)/b12-11+/t17?,18-,19-,20+,21-/m1/s1. The van der Waals surface area contributed by atoms with Crippen molar-refractivity contribution in [3.8, 4) is 5.75 Å². The van der Waals surface area contributed by atoms with Crippen LogP contribution in [0, 0.1) is 17.7 Å². The van der Waals surface area contributed by atoms with E-state index in [0.29, 0.717) is 31.2 Å². The van der Waals surface area contributed by atoms with E-state index in [4.69, 9.17) is 9.84 Å². The minimum absolute atomic E-state index is 0.0264. The average molecular weight is 439 g/mol. The molecule has 0 aliphatic heterocycles. The van der Waals surface area contributed by atoms with E-state index in [0.717, 1.165) is 25.7 Å². The Kier molecular flexibility index (Phi) is 10.4. The molecule has 6 nitrogen and oxygen atoms in total. The second kappa shape index (κ2) is 12.8. The van der Waals surface area contributed by atoms with Gasteiger partial charge in [-0.2, -0.15) is 0 Å². The van der Waals surface area contributed by atoms with Gasteiger partial charge in [0.15, 0.2) is 11.6 Å². The lowest BCUT2D eigenvalue weighted by Gasteiger charge is -2.24. The monoisotopic (exact) mass is 438 g/mol. The normalized spacial score (nSPS) is 24.5. The highest BCUT2D eigenvalue weighted by Crippen LogP contribution is 2.39. The quantitative estimate of drug-likeness (QED) is 0.349. The fourth-order valence-corrected chi connectivity index (χ4v) is 4.48. The zero-order valence-corrected chi connectivity index (χ0v) is 18.1. The summed E-state index contributed by atoms with van der Waals surface area (Å²) in [5, 5.41) is 39.7. The molecule has 5 atom stereocenters. The molecule has 0 bridgehead atoms. The highest BCUT2D eigenvalue weighted by Gasteiger charge is 2.40. The largest absolute Gasteiger partial charge is 0.494 e. The van der Waals surface area contributed by atoms with E-state index in [9.17, 15) is 24.5 Å². The number of hydrogen-bond donors (Lipinski definition) is 4. The third-order valence-electron chi connectivity index (χ3n) is 6.21. The summed E-state index contributed by atoms with van der Waals surface area (Å²) in [7, 11) is 1.40. The molecule has 0 radical (unpaired) electrons. The van der Waals surface area contributed by atoms with Gasteiger partial charge >= 0.3 is 5.97 Å². The average Bonchev–Trinajstić information content (AvgIpc) is 3.00. The summed E-state index contributed by atoms with van der Waals surface area (Å²) in [5.74, 6) is -1.24. The van der Waals surface area contributed by atoms with Crippen molar-refractivity contribution >= 4 is 12.0 Å². The van der Waals surface area contributed by atoms with Gasteiger partial charge in [-0.25, -0.2) is 4.39 Å². The van der Waals surface area contributed by atoms with Gasteiger partial charge in [-0.05, 0) is 50.0 Å². The van der Waals surface area contributed by atoms with Crippen molar-refractivity contribution in [2.75, 3.05) is 7.11 Å². The number of ether oxygens (including phenoxy) is 1. The number of carboxylic acids is 1. The van der Waals surface area contributed by atoms with E-state index >= 15 is 0 Å². The van der Waals surface area contributed by atoms with E-state index in [1.807, 2.05) is 0 Å². The van der Waals surface area contributed by atoms with Crippen molar-refractivity contribution in [2.24, 2.45) is 11.8 Å². The van der Waals surface area contributed by atoms with Gasteiger partial charge in [0.1, 0.15) is 0 Å². The van der Waals surface area contributed by atoms with Crippen molar-refractivity contribution in [2.45, 2.75) is 76.1 Å². The van der Waals surface area contributed by atoms with Gasteiger partial charge in [0.05, 0.1) is 25.4 Å². The zero-order chi connectivity index (χ0) is 22.8. The Morgan fingerprint density at radius 3 is 2.52 bits per heavy atom. The summed E-state index contributed by atoms with van der Waals surface area (Å²) in [6, 6.07) is 4.81. The number of unbranched alkanes of at least 4 members (excludes halogenated alkanes) is 3. The van der Waals surface area contributed by atoms with Gasteiger partial charge in [-0.1, -0.05) is 43.5 Å². The third-order valence-corrected chi connectivity index (χ3v) is 6.21. The minimum Gasteiger partial charge on any atom is -0.494 e. The Balaban J connectivity index is 1.82. The first-order chi connectivity index (χ1) is 14.8. The van der Waals surface area contributed by atoms with Crippen LogP contribution in [0.3, 0.4) is 0 Å². The molecule has 0 heterocycles. The molecule has 0 amide bonds. The van der Waals surface area contributed by atoms with Crippen LogP contribution in [-0.2, 0) is 4.79 Å². The molecule has 0 saturated heterocycles. The Bertz CT molecular complexity index is 722. The topological polar surface area (TPSA) is 107 Å². The molecule has 31 heavy (non-hydrogen) atoms. The first-order valence-corrected chi connectivity index (χ1v) is 11.1. The Labute approximate surface area is 183 Å². The van der Waals surface area contributed by atoms with Gasteiger partial charge < -0.3 is 25.2 Å². The second-order valence-corrected chi connectivity index (χ2v) is 8.41. The fourth-order valence-electron chi connectivity index (χ4n) is 4.48. The summed E-state index contributed by atoms with van der Waals surface area (Å²) < 4.78 is 19.1. The zero-order valence-electron chi connectivity index (χ0n) is 18.1. The number of aliphatic carboxylic acids is 1. The molecular weight excluding hydrogens is 403 g/mol. The second-order valence-electron chi connectivity index (χ2n) is 8.41. The predicted molar refractivity (Wildman–Crippen MR) is 116 cm³/mol. The van der Waals surface area contributed by atoms with E-state index in [1.165, 1.54) is 25.3 Å². The SMILES string of the molecule is COc1cccc(/C=C/C(O)CC[C@@H]2[C@@H](CCCCCCC(=O)O)[C@@H](O)C[C@H]2O)c1F. The molecule has 4 N–H and O–H groups in total. The lowest BCUT2D eigenvalue weighted by Crippen LogP contribution is -2.23. The smallest absolute Gasteiger partial charge is 0.303 e. The number of methoxy groups -OCH3 is 1. The van der Waals surface area contributed by atoms with E-state index in [1.54, 1.807) is 12.1 Å². The Hall–Kier alpha value is -1.96. The van der Waals surface area contributed by atoms with Crippen LogP contribution in [0.2, 0.25) is 0 Å². The first kappa shape index (κ1) is 25.3. The van der Waals surface area contributed by atoms with Gasteiger partial charge in [0.2, 0.25) is 0 Å². The molecular formula is C24H35FO6. The highest BCUT2D eigenvalue weighted by atomic mass is 19.1. The molecule has 0 aromatic heterocycles. The molecule has 1 aromatic rings. The van der Waals surface area contributed by atoms with Gasteiger partial charge in [0, 0.05) is 12.0 Å². The van der Waals surface area contributed by atoms with Crippen LogP contribution in [0.5, 0.6) is 5.75 Å². The molecule has 1 aromatic carbocycles. The summed E-state index contributed by atoms with van der Waals surface area (Å²) in [6.45, 7) is 0. The van der Waals surface area contributed by atoms with Gasteiger partial charge in [-0.15, -0.1) is 0 Å². The molecule has 2 rings (SSSR count). The van der Waals surface area contributed by atoms with Crippen LogP contribution in [0.1, 0.15) is 63.4 Å². The number of hydrogen-bond acceptors (Lipinski definition) is 5. The molecule has 1 unspecified atom stereocenters. The minimum atomic E-state index is -0.785. The number of benzene rings is 1. The number of rotatable bonds is 13. The Morgan fingerprint density at radius 1 is 1.16 bits per heavy atom.